The van der Waals surface area contributed by atoms with Crippen LogP contribution in [-0.2, 0) is 22.6 Å². The van der Waals surface area contributed by atoms with Gasteiger partial charge in [-0.15, -0.1) is 13.2 Å². The van der Waals surface area contributed by atoms with E-state index < -0.39 is 12.3 Å². The van der Waals surface area contributed by atoms with Crippen molar-refractivity contribution in [3.8, 4) is 17.0 Å². The van der Waals surface area contributed by atoms with Crippen LogP contribution >= 0.6 is 0 Å². The van der Waals surface area contributed by atoms with Gasteiger partial charge in [-0.05, 0) is 62.3 Å². The predicted molar refractivity (Wildman–Crippen MR) is 133 cm³/mol. The minimum absolute atomic E-state index is 0.0264. The van der Waals surface area contributed by atoms with Crippen LogP contribution in [0.15, 0.2) is 47.1 Å². The first-order chi connectivity index (χ1) is 18.7. The van der Waals surface area contributed by atoms with Gasteiger partial charge in [0.25, 0.3) is 0 Å². The maximum Gasteiger partial charge on any atom is 0.573 e. The van der Waals surface area contributed by atoms with Crippen molar-refractivity contribution in [1.82, 2.24) is 10.1 Å². The summed E-state index contributed by atoms with van der Waals surface area (Å²) in [7, 11) is 0. The highest BCUT2D eigenvalue weighted by atomic mass is 19.4. The van der Waals surface area contributed by atoms with E-state index in [9.17, 15) is 18.0 Å². The predicted octanol–water partition coefficient (Wildman–Crippen LogP) is 5.86. The molecule has 2 saturated heterocycles. The normalized spacial score (nSPS) is 22.7. The molecule has 3 atom stereocenters. The minimum Gasteiger partial charge on any atom is -0.481 e. The molecule has 6 rings (SSSR count). The number of anilines is 1. The third-order valence-corrected chi connectivity index (χ3v) is 7.72. The summed E-state index contributed by atoms with van der Waals surface area (Å²) < 4.78 is 55.5. The first kappa shape index (κ1) is 25.7. The lowest BCUT2D eigenvalue weighted by atomic mass is 9.99. The summed E-state index contributed by atoms with van der Waals surface area (Å²) in [5.41, 5.74) is 1.88. The van der Waals surface area contributed by atoms with Crippen molar-refractivity contribution < 1.29 is 37.1 Å². The molecule has 4 heterocycles. The zero-order valence-electron chi connectivity index (χ0n) is 21.1. The summed E-state index contributed by atoms with van der Waals surface area (Å²) in [4.78, 5) is 17.8. The molecule has 1 aliphatic carbocycles. The number of carboxylic acid groups (broad SMARTS) is 1. The molecule has 0 unspecified atom stereocenters. The molecule has 206 valence electrons. The molecular formula is C28H28F3N3O5. The first-order valence-corrected chi connectivity index (χ1v) is 13.2. The Hall–Kier alpha value is -3.60. The van der Waals surface area contributed by atoms with Gasteiger partial charge in [0.1, 0.15) is 23.0 Å². The average Bonchev–Trinajstić information content (AvgIpc) is 3.59. The van der Waals surface area contributed by atoms with Gasteiger partial charge in [-0.2, -0.15) is 0 Å². The van der Waals surface area contributed by atoms with E-state index in [-0.39, 0.29) is 48.4 Å². The van der Waals surface area contributed by atoms with E-state index >= 15 is 0 Å². The Balaban J connectivity index is 1.17. The number of ether oxygens (including phenoxy) is 2. The smallest absolute Gasteiger partial charge is 0.481 e. The van der Waals surface area contributed by atoms with E-state index in [1.165, 1.54) is 12.1 Å². The SMILES string of the molecule is O=C(O)Cc1ccc(N2[C@@H]3CC[C@H]2C[C@@H](OCc2c(-c4ccccc4OC(F)(F)F)noc2C2CC2)C3)nc1. The molecule has 2 aromatic heterocycles. The van der Waals surface area contributed by atoms with Gasteiger partial charge in [0.05, 0.1) is 19.1 Å². The molecule has 1 N–H and O–H groups in total. The van der Waals surface area contributed by atoms with Crippen molar-refractivity contribution >= 4 is 11.8 Å². The van der Waals surface area contributed by atoms with Crippen molar-refractivity contribution in [3.63, 3.8) is 0 Å². The molecule has 3 fully saturated rings. The van der Waals surface area contributed by atoms with Crippen LogP contribution in [0.1, 0.15) is 61.3 Å². The van der Waals surface area contributed by atoms with Gasteiger partial charge in [0.15, 0.2) is 0 Å². The number of carbonyl (C=O) groups is 1. The third kappa shape index (κ3) is 5.59. The topological polar surface area (TPSA) is 97.9 Å². The van der Waals surface area contributed by atoms with Gasteiger partial charge < -0.3 is 24.0 Å². The Morgan fingerprint density at radius 2 is 1.82 bits per heavy atom. The van der Waals surface area contributed by atoms with Crippen molar-refractivity contribution in [2.75, 3.05) is 4.90 Å². The maximum atomic E-state index is 13.1. The molecule has 0 spiro atoms. The summed E-state index contributed by atoms with van der Waals surface area (Å²) in [6.07, 6.45) is 2.22. The second-order valence-electron chi connectivity index (χ2n) is 10.5. The van der Waals surface area contributed by atoms with Crippen molar-refractivity contribution in [2.45, 2.75) is 82.0 Å². The van der Waals surface area contributed by atoms with Crippen molar-refractivity contribution in [2.24, 2.45) is 0 Å². The molecule has 11 heteroatoms. The van der Waals surface area contributed by atoms with Gasteiger partial charge in [-0.25, -0.2) is 4.98 Å². The standard InChI is InChI=1S/C28H28F3N3O5/c29-28(30,31)38-23-4-2-1-3-21(23)26-22(27(39-33-26)17-6-7-17)15-37-20-12-18-8-9-19(13-20)34(18)24-10-5-16(14-32-24)11-25(35)36/h1-5,10,14,17-20H,6-9,11-13,15H2,(H,35,36)/t18-,19+,20+. The quantitative estimate of drug-likeness (QED) is 0.359. The van der Waals surface area contributed by atoms with E-state index in [4.69, 9.17) is 14.4 Å². The van der Waals surface area contributed by atoms with Gasteiger partial charge in [0.2, 0.25) is 0 Å². The Bertz CT molecular complexity index is 1320. The molecule has 3 aliphatic rings. The molecule has 8 nitrogen and oxygen atoms in total. The lowest BCUT2D eigenvalue weighted by Gasteiger charge is -2.39. The van der Waals surface area contributed by atoms with E-state index in [2.05, 4.69) is 19.8 Å². The number of aliphatic carboxylic acids is 1. The van der Waals surface area contributed by atoms with E-state index in [1.54, 1.807) is 18.3 Å². The lowest BCUT2D eigenvalue weighted by molar-refractivity contribution is -0.274. The molecule has 2 aliphatic heterocycles. The fourth-order valence-corrected chi connectivity index (χ4v) is 5.90. The Morgan fingerprint density at radius 1 is 1.08 bits per heavy atom. The number of hydrogen-bond donors (Lipinski definition) is 1. The Morgan fingerprint density at radius 3 is 2.46 bits per heavy atom. The fraction of sp³-hybridized carbons (Fsp3) is 0.464. The van der Waals surface area contributed by atoms with Crippen LogP contribution in [0.5, 0.6) is 5.75 Å². The van der Waals surface area contributed by atoms with Crippen LogP contribution in [0.3, 0.4) is 0 Å². The zero-order valence-corrected chi connectivity index (χ0v) is 21.1. The van der Waals surface area contributed by atoms with E-state index in [0.717, 1.165) is 44.3 Å². The first-order valence-electron chi connectivity index (χ1n) is 13.2. The third-order valence-electron chi connectivity index (χ3n) is 7.72. The second kappa shape index (κ2) is 10.2. The number of fused-ring (bicyclic) bond motifs is 2. The molecule has 0 radical (unpaired) electrons. The molecule has 2 bridgehead atoms. The molecule has 1 aromatic carbocycles. The van der Waals surface area contributed by atoms with Crippen LogP contribution in [0.25, 0.3) is 11.3 Å². The number of hydrogen-bond acceptors (Lipinski definition) is 7. The van der Waals surface area contributed by atoms with Gasteiger partial charge in [-0.3, -0.25) is 4.79 Å². The number of piperidine rings is 1. The number of nitrogens with zero attached hydrogens (tertiary/aromatic N) is 3. The Kier molecular flexibility index (Phi) is 6.70. The number of carboxylic acids is 1. The van der Waals surface area contributed by atoms with Crippen LogP contribution < -0.4 is 9.64 Å². The van der Waals surface area contributed by atoms with Crippen molar-refractivity contribution in [1.29, 1.82) is 0 Å². The Labute approximate surface area is 222 Å². The lowest BCUT2D eigenvalue weighted by Crippen LogP contribution is -2.46. The molecular weight excluding hydrogens is 515 g/mol. The highest BCUT2D eigenvalue weighted by Gasteiger charge is 2.42. The monoisotopic (exact) mass is 543 g/mol. The minimum atomic E-state index is -4.82. The molecule has 3 aromatic rings. The van der Waals surface area contributed by atoms with E-state index in [1.807, 2.05) is 12.1 Å². The van der Waals surface area contributed by atoms with E-state index in [0.29, 0.717) is 22.6 Å². The number of benzene rings is 1. The van der Waals surface area contributed by atoms with Crippen LogP contribution in [0.2, 0.25) is 0 Å². The molecule has 39 heavy (non-hydrogen) atoms. The van der Waals surface area contributed by atoms with Crippen LogP contribution in [0.4, 0.5) is 19.0 Å². The summed E-state index contributed by atoms with van der Waals surface area (Å²) >= 11 is 0. The maximum absolute atomic E-state index is 13.1. The molecule has 1 saturated carbocycles. The fourth-order valence-electron chi connectivity index (χ4n) is 5.90. The summed E-state index contributed by atoms with van der Waals surface area (Å²) in [6, 6.07) is 10.1. The number of halogens is 3. The number of rotatable bonds is 9. The van der Waals surface area contributed by atoms with Gasteiger partial charge in [-0.1, -0.05) is 23.4 Å². The van der Waals surface area contributed by atoms with Gasteiger partial charge in [0, 0.05) is 35.3 Å². The number of aromatic nitrogens is 2. The van der Waals surface area contributed by atoms with Crippen LogP contribution in [0, 0.1) is 0 Å². The number of para-hydroxylation sites is 1. The van der Waals surface area contributed by atoms with Crippen molar-refractivity contribution in [3.05, 3.63) is 59.5 Å². The van der Waals surface area contributed by atoms with Gasteiger partial charge >= 0.3 is 12.3 Å². The highest BCUT2D eigenvalue weighted by Crippen LogP contribution is 2.46. The second-order valence-corrected chi connectivity index (χ2v) is 10.5. The highest BCUT2D eigenvalue weighted by molar-refractivity contribution is 5.71. The number of pyridine rings is 1. The molecule has 0 amide bonds. The largest absolute Gasteiger partial charge is 0.573 e. The number of alkyl halides is 3. The zero-order chi connectivity index (χ0) is 27.1. The summed E-state index contributed by atoms with van der Waals surface area (Å²) in [5.74, 6) is 0.509. The summed E-state index contributed by atoms with van der Waals surface area (Å²) in [5, 5.41) is 13.2. The van der Waals surface area contributed by atoms with Crippen LogP contribution in [-0.4, -0.2) is 45.8 Å². The summed E-state index contributed by atoms with van der Waals surface area (Å²) in [6.45, 7) is 0.192. The average molecular weight is 544 g/mol.